The number of benzene rings is 1. The lowest BCUT2D eigenvalue weighted by molar-refractivity contribution is 0.717. The molecular weight excluding hydrogens is 172 g/mol. The predicted octanol–water partition coefficient (Wildman–Crippen LogP) is 2.40. The summed E-state index contributed by atoms with van der Waals surface area (Å²) < 4.78 is 0. The van der Waals surface area contributed by atoms with E-state index in [0.717, 1.165) is 5.56 Å². The van der Waals surface area contributed by atoms with Crippen molar-refractivity contribution in [1.82, 2.24) is 5.32 Å². The van der Waals surface area contributed by atoms with Crippen molar-refractivity contribution in [2.45, 2.75) is 26.8 Å². The number of nitrogens with one attached hydrogen (secondary N) is 1. The zero-order chi connectivity index (χ0) is 10.7. The van der Waals surface area contributed by atoms with Crippen LogP contribution in [0.5, 0.6) is 0 Å². The summed E-state index contributed by atoms with van der Waals surface area (Å²) in [4.78, 5) is 0. The maximum absolute atomic E-state index is 8.99. The first-order valence-electron chi connectivity index (χ1n) is 4.74. The molecule has 0 saturated carbocycles. The highest BCUT2D eigenvalue weighted by Gasteiger charge is 2.13. The lowest BCUT2D eigenvalue weighted by Gasteiger charge is -2.15. The van der Waals surface area contributed by atoms with Crippen LogP contribution in [0, 0.1) is 32.1 Å². The Morgan fingerprint density at radius 1 is 1.21 bits per heavy atom. The van der Waals surface area contributed by atoms with Crippen molar-refractivity contribution in [3.8, 4) is 6.07 Å². The number of hydrogen-bond donors (Lipinski definition) is 1. The van der Waals surface area contributed by atoms with Crippen LogP contribution in [0.25, 0.3) is 0 Å². The number of nitrogens with zero attached hydrogens (tertiary/aromatic N) is 1. The van der Waals surface area contributed by atoms with Crippen LogP contribution in [-0.4, -0.2) is 7.05 Å². The molecule has 0 spiro atoms. The molecule has 1 N–H and O–H groups in total. The maximum Gasteiger partial charge on any atom is 0.121 e. The summed E-state index contributed by atoms with van der Waals surface area (Å²) in [6.45, 7) is 6.18. The third-order valence-corrected chi connectivity index (χ3v) is 2.44. The van der Waals surface area contributed by atoms with Crippen molar-refractivity contribution in [2.24, 2.45) is 0 Å². The monoisotopic (exact) mass is 188 g/mol. The fourth-order valence-corrected chi connectivity index (χ4v) is 1.92. The fraction of sp³-hybridized carbons (Fsp3) is 0.417. The molecule has 0 bridgehead atoms. The Hall–Kier alpha value is -1.33. The van der Waals surface area contributed by atoms with Crippen molar-refractivity contribution in [1.29, 1.82) is 5.26 Å². The second-order valence-electron chi connectivity index (χ2n) is 3.66. The number of nitriles is 1. The Morgan fingerprint density at radius 2 is 1.71 bits per heavy atom. The molecule has 1 atom stereocenters. The molecule has 14 heavy (non-hydrogen) atoms. The van der Waals surface area contributed by atoms with Gasteiger partial charge in [0.2, 0.25) is 0 Å². The van der Waals surface area contributed by atoms with Crippen LogP contribution >= 0.6 is 0 Å². The van der Waals surface area contributed by atoms with E-state index in [0.29, 0.717) is 0 Å². The molecule has 0 aliphatic heterocycles. The number of hydrogen-bond acceptors (Lipinski definition) is 2. The Kier molecular flexibility index (Phi) is 3.27. The Balaban J connectivity index is 3.28. The van der Waals surface area contributed by atoms with E-state index in [9.17, 15) is 0 Å². The highest BCUT2D eigenvalue weighted by atomic mass is 14.9. The molecular formula is C12H16N2. The van der Waals surface area contributed by atoms with Gasteiger partial charge in [-0.25, -0.2) is 0 Å². The van der Waals surface area contributed by atoms with E-state index in [1.54, 1.807) is 0 Å². The largest absolute Gasteiger partial charge is 0.301 e. The highest BCUT2D eigenvalue weighted by Crippen LogP contribution is 2.22. The van der Waals surface area contributed by atoms with Crippen LogP contribution in [0.15, 0.2) is 12.1 Å². The number of rotatable bonds is 2. The van der Waals surface area contributed by atoms with E-state index in [1.165, 1.54) is 16.7 Å². The Morgan fingerprint density at radius 3 is 2.07 bits per heavy atom. The summed E-state index contributed by atoms with van der Waals surface area (Å²) in [5.41, 5.74) is 4.73. The van der Waals surface area contributed by atoms with Crippen LogP contribution in [0.4, 0.5) is 0 Å². The van der Waals surface area contributed by atoms with Crippen molar-refractivity contribution >= 4 is 0 Å². The van der Waals surface area contributed by atoms with Crippen LogP contribution in [0.3, 0.4) is 0 Å². The maximum atomic E-state index is 8.99. The molecule has 0 saturated heterocycles. The van der Waals surface area contributed by atoms with E-state index in [4.69, 9.17) is 5.26 Å². The topological polar surface area (TPSA) is 35.8 Å². The van der Waals surface area contributed by atoms with Gasteiger partial charge in [0, 0.05) is 0 Å². The third-order valence-electron chi connectivity index (χ3n) is 2.44. The van der Waals surface area contributed by atoms with Crippen LogP contribution in [0.2, 0.25) is 0 Å². The van der Waals surface area contributed by atoms with Crippen LogP contribution < -0.4 is 5.32 Å². The van der Waals surface area contributed by atoms with E-state index >= 15 is 0 Å². The van der Waals surface area contributed by atoms with E-state index in [-0.39, 0.29) is 6.04 Å². The van der Waals surface area contributed by atoms with E-state index < -0.39 is 0 Å². The molecule has 0 aromatic heterocycles. The summed E-state index contributed by atoms with van der Waals surface area (Å²) in [5, 5.41) is 12.0. The molecule has 1 rings (SSSR count). The summed E-state index contributed by atoms with van der Waals surface area (Å²) in [6.07, 6.45) is 0. The molecule has 0 radical (unpaired) electrons. The smallest absolute Gasteiger partial charge is 0.121 e. The average Bonchev–Trinajstić information content (AvgIpc) is 2.10. The molecule has 0 amide bonds. The molecule has 0 heterocycles. The minimum Gasteiger partial charge on any atom is -0.301 e. The minimum absolute atomic E-state index is 0.199. The second kappa shape index (κ2) is 4.26. The van der Waals surface area contributed by atoms with Gasteiger partial charge in [0.05, 0.1) is 6.07 Å². The van der Waals surface area contributed by atoms with Gasteiger partial charge in [-0.05, 0) is 44.5 Å². The lowest BCUT2D eigenvalue weighted by atomic mass is 9.95. The van der Waals surface area contributed by atoms with Crippen LogP contribution in [0.1, 0.15) is 28.3 Å². The first kappa shape index (κ1) is 10.7. The fourth-order valence-electron chi connectivity index (χ4n) is 1.92. The standard InChI is InChI=1S/C12H16N2/c1-8-5-9(2)12(10(3)6-8)11(7-13)14-4/h5-6,11,14H,1-4H3. The van der Waals surface area contributed by atoms with E-state index in [1.807, 2.05) is 7.05 Å². The highest BCUT2D eigenvalue weighted by molar-refractivity contribution is 5.41. The Bertz CT molecular complexity index is 351. The molecule has 1 aromatic carbocycles. The summed E-state index contributed by atoms with van der Waals surface area (Å²) in [5.74, 6) is 0. The van der Waals surface area contributed by atoms with Gasteiger partial charge in [-0.3, -0.25) is 0 Å². The molecule has 0 fully saturated rings. The molecule has 74 valence electrons. The van der Waals surface area contributed by atoms with Crippen molar-refractivity contribution < 1.29 is 0 Å². The first-order valence-corrected chi connectivity index (χ1v) is 4.74. The van der Waals surface area contributed by atoms with Gasteiger partial charge in [0.15, 0.2) is 0 Å². The van der Waals surface area contributed by atoms with Crippen LogP contribution in [-0.2, 0) is 0 Å². The van der Waals surface area contributed by atoms with Gasteiger partial charge >= 0.3 is 0 Å². The van der Waals surface area contributed by atoms with Gasteiger partial charge in [0.25, 0.3) is 0 Å². The summed E-state index contributed by atoms with van der Waals surface area (Å²) in [6, 6.07) is 6.29. The molecule has 1 aromatic rings. The van der Waals surface area contributed by atoms with Gasteiger partial charge in [-0.1, -0.05) is 17.7 Å². The SMILES string of the molecule is CNC(C#N)c1c(C)cc(C)cc1C. The van der Waals surface area contributed by atoms with Gasteiger partial charge in [0.1, 0.15) is 6.04 Å². The van der Waals surface area contributed by atoms with Crippen molar-refractivity contribution in [3.05, 3.63) is 34.4 Å². The molecule has 2 heteroatoms. The van der Waals surface area contributed by atoms with Crippen molar-refractivity contribution in [3.63, 3.8) is 0 Å². The van der Waals surface area contributed by atoms with Gasteiger partial charge < -0.3 is 5.32 Å². The minimum atomic E-state index is -0.199. The van der Waals surface area contributed by atoms with Gasteiger partial charge in [-0.15, -0.1) is 0 Å². The second-order valence-corrected chi connectivity index (χ2v) is 3.66. The lowest BCUT2D eigenvalue weighted by Crippen LogP contribution is -2.16. The molecule has 0 aliphatic rings. The first-order chi connectivity index (χ1) is 6.60. The van der Waals surface area contributed by atoms with E-state index in [2.05, 4.69) is 44.3 Å². The normalized spacial score (nSPS) is 12.2. The predicted molar refractivity (Wildman–Crippen MR) is 58.1 cm³/mol. The zero-order valence-electron chi connectivity index (χ0n) is 9.18. The average molecular weight is 188 g/mol. The third kappa shape index (κ3) is 1.94. The number of aryl methyl sites for hydroxylation is 3. The molecule has 2 nitrogen and oxygen atoms in total. The van der Waals surface area contributed by atoms with Gasteiger partial charge in [-0.2, -0.15) is 5.26 Å². The molecule has 1 unspecified atom stereocenters. The quantitative estimate of drug-likeness (QED) is 0.773. The molecule has 0 aliphatic carbocycles. The summed E-state index contributed by atoms with van der Waals surface area (Å²) in [7, 11) is 1.81. The summed E-state index contributed by atoms with van der Waals surface area (Å²) >= 11 is 0. The Labute approximate surface area is 85.6 Å². The van der Waals surface area contributed by atoms with Crippen molar-refractivity contribution in [2.75, 3.05) is 7.05 Å². The zero-order valence-corrected chi connectivity index (χ0v) is 9.18.